The Hall–Kier alpha value is -3.15. The number of hydrogen-bond acceptors (Lipinski definition) is 4. The third-order valence-electron chi connectivity index (χ3n) is 3.39. The number of rotatable bonds is 4. The smallest absolute Gasteiger partial charge is 0.264 e. The van der Waals surface area contributed by atoms with E-state index in [-0.39, 0.29) is 24.5 Å². The van der Waals surface area contributed by atoms with E-state index in [2.05, 4.69) is 5.32 Å². The van der Waals surface area contributed by atoms with E-state index in [0.29, 0.717) is 22.6 Å². The van der Waals surface area contributed by atoms with Gasteiger partial charge < -0.3 is 10.1 Å². The number of fused-ring (bicyclic) bond motifs is 1. The maximum absolute atomic E-state index is 12.2. The number of benzene rings is 2. The van der Waals surface area contributed by atoms with E-state index in [1.807, 2.05) is 0 Å². The van der Waals surface area contributed by atoms with E-state index in [1.54, 1.807) is 48.5 Å². The highest BCUT2D eigenvalue weighted by atomic mass is 16.5. The largest absolute Gasteiger partial charge is 0.472 e. The van der Waals surface area contributed by atoms with Gasteiger partial charge in [-0.1, -0.05) is 18.2 Å². The number of nitrogens with one attached hydrogen (secondary N) is 1. The van der Waals surface area contributed by atoms with Crippen LogP contribution in [-0.2, 0) is 4.79 Å². The van der Waals surface area contributed by atoms with E-state index in [9.17, 15) is 14.4 Å². The summed E-state index contributed by atoms with van der Waals surface area (Å²) in [5.74, 6) is -0.484. The van der Waals surface area contributed by atoms with Crippen molar-refractivity contribution in [1.29, 1.82) is 0 Å². The number of carbonyl (C=O) groups excluding carboxylic acids is 3. The second-order valence-electron chi connectivity index (χ2n) is 5.07. The van der Waals surface area contributed by atoms with Gasteiger partial charge in [-0.05, 0) is 24.3 Å². The molecule has 0 unspecified atom stereocenters. The molecule has 1 heterocycles. The van der Waals surface area contributed by atoms with Crippen LogP contribution in [0.4, 0.5) is 5.69 Å². The Kier molecular flexibility index (Phi) is 3.80. The Balaban J connectivity index is 1.71. The summed E-state index contributed by atoms with van der Waals surface area (Å²) in [6, 6.07) is 13.4. The van der Waals surface area contributed by atoms with Crippen LogP contribution in [0.3, 0.4) is 0 Å². The summed E-state index contributed by atoms with van der Waals surface area (Å²) >= 11 is 0. The molecule has 0 saturated carbocycles. The molecule has 2 aromatic carbocycles. The van der Waals surface area contributed by atoms with Crippen molar-refractivity contribution in [3.63, 3.8) is 0 Å². The van der Waals surface area contributed by atoms with Crippen LogP contribution in [0.5, 0.6) is 5.75 Å². The number of imide groups is 1. The number of amides is 3. The predicted octanol–water partition coefficient (Wildman–Crippen LogP) is 2.28. The fourth-order valence-corrected chi connectivity index (χ4v) is 2.36. The van der Waals surface area contributed by atoms with E-state index < -0.39 is 0 Å². The van der Waals surface area contributed by atoms with Crippen LogP contribution < -0.4 is 10.1 Å². The van der Waals surface area contributed by atoms with Crippen LogP contribution in [-0.4, -0.2) is 29.4 Å². The molecule has 3 rings (SSSR count). The minimum Gasteiger partial charge on any atom is -0.472 e. The molecule has 0 fully saturated rings. The van der Waals surface area contributed by atoms with Gasteiger partial charge in [0.1, 0.15) is 5.75 Å². The second kappa shape index (κ2) is 5.92. The third-order valence-corrected chi connectivity index (χ3v) is 3.39. The Morgan fingerprint density at radius 1 is 1.04 bits per heavy atom. The van der Waals surface area contributed by atoms with E-state index in [0.717, 1.165) is 4.90 Å². The minimum absolute atomic E-state index is 0.185. The van der Waals surface area contributed by atoms with Crippen molar-refractivity contribution < 1.29 is 19.1 Å². The zero-order valence-corrected chi connectivity index (χ0v) is 12.4. The van der Waals surface area contributed by atoms with Crippen molar-refractivity contribution in [3.8, 4) is 5.75 Å². The Bertz CT molecular complexity index is 766. The first-order valence-corrected chi connectivity index (χ1v) is 7.02. The highest BCUT2D eigenvalue weighted by Crippen LogP contribution is 2.23. The summed E-state index contributed by atoms with van der Waals surface area (Å²) < 4.78 is 5.52. The zero-order chi connectivity index (χ0) is 16.4. The van der Waals surface area contributed by atoms with Gasteiger partial charge in [-0.3, -0.25) is 14.4 Å². The fourth-order valence-electron chi connectivity index (χ4n) is 2.36. The third kappa shape index (κ3) is 2.91. The molecule has 1 aliphatic rings. The second-order valence-corrected chi connectivity index (χ2v) is 5.07. The molecular formula is C17H14N2O4. The Morgan fingerprint density at radius 3 is 2.30 bits per heavy atom. The number of anilines is 1. The molecule has 116 valence electrons. The molecule has 0 saturated heterocycles. The highest BCUT2D eigenvalue weighted by Gasteiger charge is 2.35. The lowest BCUT2D eigenvalue weighted by Gasteiger charge is -2.15. The summed E-state index contributed by atoms with van der Waals surface area (Å²) in [7, 11) is 0. The van der Waals surface area contributed by atoms with Crippen LogP contribution >= 0.6 is 0 Å². The normalized spacial score (nSPS) is 13.0. The van der Waals surface area contributed by atoms with Gasteiger partial charge in [0.05, 0.1) is 11.1 Å². The maximum atomic E-state index is 12.2. The van der Waals surface area contributed by atoms with Gasteiger partial charge in [-0.25, -0.2) is 4.90 Å². The molecule has 2 aromatic rings. The topological polar surface area (TPSA) is 75.7 Å². The predicted molar refractivity (Wildman–Crippen MR) is 83.2 cm³/mol. The summed E-state index contributed by atoms with van der Waals surface area (Å²) in [5, 5.41) is 2.64. The Morgan fingerprint density at radius 2 is 1.70 bits per heavy atom. The SMILES string of the molecule is CC(=O)Nc1cccc(OCN2C(=O)c3ccccc3C2=O)c1. The molecule has 23 heavy (non-hydrogen) atoms. The summed E-state index contributed by atoms with van der Waals surface area (Å²) in [5.41, 5.74) is 1.35. The van der Waals surface area contributed by atoms with Crippen LogP contribution in [0.1, 0.15) is 27.6 Å². The van der Waals surface area contributed by atoms with Crippen molar-refractivity contribution in [3.05, 3.63) is 59.7 Å². The maximum Gasteiger partial charge on any atom is 0.264 e. The van der Waals surface area contributed by atoms with Gasteiger partial charge in [0.25, 0.3) is 11.8 Å². The van der Waals surface area contributed by atoms with Crippen LogP contribution in [0.2, 0.25) is 0 Å². The molecule has 3 amide bonds. The summed E-state index contributed by atoms with van der Waals surface area (Å²) in [6.45, 7) is 1.22. The van der Waals surface area contributed by atoms with Crippen LogP contribution in [0, 0.1) is 0 Å². The molecule has 0 aliphatic carbocycles. The first-order chi connectivity index (χ1) is 11.1. The van der Waals surface area contributed by atoms with Crippen LogP contribution in [0.15, 0.2) is 48.5 Å². The van der Waals surface area contributed by atoms with Crippen LogP contribution in [0.25, 0.3) is 0 Å². The molecule has 1 N–H and O–H groups in total. The number of carbonyl (C=O) groups is 3. The van der Waals surface area contributed by atoms with Crippen molar-refractivity contribution >= 4 is 23.4 Å². The molecule has 6 heteroatoms. The first-order valence-electron chi connectivity index (χ1n) is 7.02. The van der Waals surface area contributed by atoms with Gasteiger partial charge in [-0.15, -0.1) is 0 Å². The molecule has 0 spiro atoms. The number of hydrogen-bond donors (Lipinski definition) is 1. The lowest BCUT2D eigenvalue weighted by molar-refractivity contribution is -0.114. The van der Waals surface area contributed by atoms with Crippen molar-refractivity contribution in [1.82, 2.24) is 4.90 Å². The van der Waals surface area contributed by atoms with E-state index in [4.69, 9.17) is 4.74 Å². The molecular weight excluding hydrogens is 296 g/mol. The number of ether oxygens (including phenoxy) is 1. The highest BCUT2D eigenvalue weighted by molar-refractivity contribution is 6.21. The molecule has 0 atom stereocenters. The molecule has 1 aliphatic heterocycles. The first kappa shape index (κ1) is 14.8. The summed E-state index contributed by atoms with van der Waals surface area (Å²) in [6.07, 6.45) is 0. The lowest BCUT2D eigenvalue weighted by atomic mass is 10.1. The monoisotopic (exact) mass is 310 g/mol. The van der Waals surface area contributed by atoms with Crippen molar-refractivity contribution in [2.24, 2.45) is 0 Å². The van der Waals surface area contributed by atoms with Gasteiger partial charge in [-0.2, -0.15) is 0 Å². The fraction of sp³-hybridized carbons (Fsp3) is 0.118. The Labute approximate surface area is 132 Å². The van der Waals surface area contributed by atoms with Gasteiger partial charge in [0.15, 0.2) is 6.73 Å². The average molecular weight is 310 g/mol. The summed E-state index contributed by atoms with van der Waals surface area (Å²) in [4.78, 5) is 36.5. The lowest BCUT2D eigenvalue weighted by Crippen LogP contribution is -2.33. The van der Waals surface area contributed by atoms with E-state index >= 15 is 0 Å². The van der Waals surface area contributed by atoms with Gasteiger partial charge >= 0.3 is 0 Å². The zero-order valence-electron chi connectivity index (χ0n) is 12.4. The molecule has 0 bridgehead atoms. The molecule has 6 nitrogen and oxygen atoms in total. The number of nitrogens with zero attached hydrogens (tertiary/aromatic N) is 1. The van der Waals surface area contributed by atoms with Gasteiger partial charge in [0.2, 0.25) is 5.91 Å². The quantitative estimate of drug-likeness (QED) is 0.879. The molecule has 0 aromatic heterocycles. The standard InChI is InChI=1S/C17H14N2O4/c1-11(20)18-12-5-4-6-13(9-12)23-10-19-16(21)14-7-2-3-8-15(14)17(19)22/h2-9H,10H2,1H3,(H,18,20). The minimum atomic E-state index is -0.372. The van der Waals surface area contributed by atoms with Crippen molar-refractivity contribution in [2.75, 3.05) is 12.0 Å². The molecule has 0 radical (unpaired) electrons. The van der Waals surface area contributed by atoms with Gasteiger partial charge in [0, 0.05) is 18.7 Å². The van der Waals surface area contributed by atoms with E-state index in [1.165, 1.54) is 6.92 Å². The average Bonchev–Trinajstić information content (AvgIpc) is 2.77. The van der Waals surface area contributed by atoms with Crippen molar-refractivity contribution in [2.45, 2.75) is 6.92 Å².